The number of methoxy groups -OCH3 is 1. The van der Waals surface area contributed by atoms with Gasteiger partial charge in [-0.3, -0.25) is 44.2 Å². The van der Waals surface area contributed by atoms with E-state index in [1.807, 2.05) is 27.9 Å². The Morgan fingerprint density at radius 1 is 0.808 bits per heavy atom. The number of benzene rings is 2. The standard InChI is InChI=1S/C50H66N14O9/c1-8-34-42(73-30(6)54-34)46(68)58-49-56-36-22-32(44(53)66)24-39(71-17-12-13-60-25-50(26-60)27-61(16-18-72-50)47(69)33(51)19-28(3)4)41(36)63(49)15-11-10-14-62-40-35(21-31(43(52)65)23-38(40)70-7)55-48(62)57-45(67)37-20-29(5)59-64(37)9-2/h20-24,28,33H,8-19,25-27,51H2,1-7H3,(H2,52,65)(H2,53,66)(H,55,57,67)(H,56,58,68). The van der Waals surface area contributed by atoms with Gasteiger partial charge >= 0.3 is 0 Å². The van der Waals surface area contributed by atoms with Crippen LogP contribution in [0.4, 0.5) is 11.9 Å². The lowest BCUT2D eigenvalue weighted by Gasteiger charge is -2.54. The number of primary amides is 2. The first-order valence-corrected chi connectivity index (χ1v) is 24.8. The predicted octanol–water partition coefficient (Wildman–Crippen LogP) is 4.02. The van der Waals surface area contributed by atoms with Gasteiger partial charge in [-0.25, -0.2) is 15.0 Å². The molecule has 0 radical (unpaired) electrons. The Morgan fingerprint density at radius 2 is 1.42 bits per heavy atom. The number of morpholine rings is 1. The normalized spacial score (nSPS) is 15.0. The molecule has 1 spiro atoms. The SMILES string of the molecule is CCc1nc(C)oc1C(=O)Nc1nc2cc(C(N)=O)cc(OCCCN3CC4(C3)CN(C(=O)C(N)CC(C)C)CCO4)c2n1CCCCn1c(NC(=O)c2cc(C)nn2CC)nc2cc(C(N)=O)cc(OC)c21. The van der Waals surface area contributed by atoms with Crippen molar-refractivity contribution in [1.29, 1.82) is 0 Å². The highest BCUT2D eigenvalue weighted by Gasteiger charge is 2.48. The number of rotatable bonds is 22. The Balaban J connectivity index is 1.04. The fourth-order valence-electron chi connectivity index (χ4n) is 9.82. The maximum atomic E-state index is 13.9. The topological polar surface area (TPSA) is 301 Å². The second-order valence-electron chi connectivity index (χ2n) is 19.2. The molecule has 4 aromatic heterocycles. The molecule has 1 unspecified atom stereocenters. The molecular formula is C50H66N14O9. The number of aromatic nitrogens is 7. The molecule has 1 atom stereocenters. The molecule has 23 heteroatoms. The van der Waals surface area contributed by atoms with Gasteiger partial charge in [0, 0.05) is 63.9 Å². The van der Waals surface area contributed by atoms with Crippen molar-refractivity contribution in [3.8, 4) is 11.5 Å². The van der Waals surface area contributed by atoms with Crippen LogP contribution in [0.3, 0.4) is 0 Å². The average Bonchev–Trinajstić information content (AvgIpc) is 4.12. The molecule has 6 heterocycles. The van der Waals surface area contributed by atoms with Crippen LogP contribution in [0, 0.1) is 19.8 Å². The van der Waals surface area contributed by atoms with Gasteiger partial charge in [-0.05, 0) is 82.2 Å². The molecule has 2 aromatic carbocycles. The number of unbranched alkanes of at least 4 members (excludes halogenated alkanes) is 1. The number of anilines is 2. The summed E-state index contributed by atoms with van der Waals surface area (Å²) in [6, 6.07) is 7.39. The van der Waals surface area contributed by atoms with Crippen LogP contribution in [0.25, 0.3) is 22.1 Å². The molecule has 8 rings (SSSR count). The molecule has 2 fully saturated rings. The number of ether oxygens (including phenoxy) is 3. The second-order valence-corrected chi connectivity index (χ2v) is 19.2. The summed E-state index contributed by atoms with van der Waals surface area (Å²) < 4.78 is 29.4. The number of hydrogen-bond acceptors (Lipinski definition) is 15. The van der Waals surface area contributed by atoms with E-state index >= 15 is 0 Å². The first-order chi connectivity index (χ1) is 34.9. The Labute approximate surface area is 422 Å². The average molecular weight is 1010 g/mol. The Hall–Kier alpha value is -7.37. The third kappa shape index (κ3) is 11.2. The number of nitrogens with one attached hydrogen (secondary N) is 2. The second kappa shape index (κ2) is 21.8. The molecule has 0 bridgehead atoms. The van der Waals surface area contributed by atoms with Crippen molar-refractivity contribution in [2.24, 2.45) is 23.1 Å². The highest BCUT2D eigenvalue weighted by atomic mass is 16.5. The van der Waals surface area contributed by atoms with E-state index in [4.69, 9.17) is 45.8 Å². The molecular weight excluding hydrogens is 941 g/mol. The van der Waals surface area contributed by atoms with E-state index in [1.165, 1.54) is 13.2 Å². The molecule has 0 aliphatic carbocycles. The van der Waals surface area contributed by atoms with Gasteiger partial charge in [0.2, 0.25) is 35.4 Å². The van der Waals surface area contributed by atoms with Crippen LogP contribution in [0.1, 0.15) is 112 Å². The fourth-order valence-corrected chi connectivity index (χ4v) is 9.82. The lowest BCUT2D eigenvalue weighted by atomic mass is 9.91. The van der Waals surface area contributed by atoms with Crippen molar-refractivity contribution < 1.29 is 42.6 Å². The number of carbonyl (C=O) groups is 5. The quantitative estimate of drug-likeness (QED) is 0.0600. The summed E-state index contributed by atoms with van der Waals surface area (Å²) in [4.78, 5) is 83.9. The van der Waals surface area contributed by atoms with Crippen LogP contribution in [0.5, 0.6) is 11.5 Å². The number of nitrogens with two attached hydrogens (primary N) is 3. The number of hydrogen-bond donors (Lipinski definition) is 5. The summed E-state index contributed by atoms with van der Waals surface area (Å²) in [5.74, 6) is -0.609. The van der Waals surface area contributed by atoms with Crippen molar-refractivity contribution in [3.05, 3.63) is 70.2 Å². The van der Waals surface area contributed by atoms with Gasteiger partial charge in [-0.1, -0.05) is 20.8 Å². The number of aryl methyl sites for hydroxylation is 6. The van der Waals surface area contributed by atoms with E-state index < -0.39 is 35.3 Å². The van der Waals surface area contributed by atoms with Crippen LogP contribution >= 0.6 is 0 Å². The van der Waals surface area contributed by atoms with E-state index in [-0.39, 0.29) is 41.3 Å². The minimum absolute atomic E-state index is 0.0375. The maximum Gasteiger partial charge on any atom is 0.295 e. The number of imidazole rings is 2. The number of carbonyl (C=O) groups excluding carboxylic acids is 5. The molecule has 0 saturated carbocycles. The monoisotopic (exact) mass is 1010 g/mol. The fraction of sp³-hybridized carbons (Fsp3) is 0.500. The predicted molar refractivity (Wildman–Crippen MR) is 271 cm³/mol. The Kier molecular flexibility index (Phi) is 15.5. The van der Waals surface area contributed by atoms with Gasteiger partial charge in [0.15, 0.2) is 5.89 Å². The molecule has 6 aromatic rings. The van der Waals surface area contributed by atoms with Gasteiger partial charge in [0.25, 0.3) is 11.8 Å². The summed E-state index contributed by atoms with van der Waals surface area (Å²) in [5.41, 5.74) is 21.0. The van der Waals surface area contributed by atoms with Gasteiger partial charge in [-0.15, -0.1) is 0 Å². The third-order valence-electron chi connectivity index (χ3n) is 13.1. The third-order valence-corrected chi connectivity index (χ3v) is 13.1. The largest absolute Gasteiger partial charge is 0.494 e. The van der Waals surface area contributed by atoms with Crippen molar-refractivity contribution in [1.82, 2.24) is 43.7 Å². The summed E-state index contributed by atoms with van der Waals surface area (Å²) in [6.07, 6.45) is 2.67. The lowest BCUT2D eigenvalue weighted by Crippen LogP contribution is -2.71. The summed E-state index contributed by atoms with van der Waals surface area (Å²) in [5, 5.41) is 10.3. The summed E-state index contributed by atoms with van der Waals surface area (Å²) in [6.45, 7) is 16.2. The van der Waals surface area contributed by atoms with E-state index in [9.17, 15) is 24.0 Å². The number of amides is 5. The molecule has 5 amide bonds. The molecule has 390 valence electrons. The van der Waals surface area contributed by atoms with Gasteiger partial charge in [-0.2, -0.15) is 5.10 Å². The van der Waals surface area contributed by atoms with Crippen LogP contribution in [-0.2, 0) is 35.6 Å². The number of fused-ring (bicyclic) bond motifs is 2. The lowest BCUT2D eigenvalue weighted by molar-refractivity contribution is -0.189. The van der Waals surface area contributed by atoms with Crippen LogP contribution in [-0.4, -0.2) is 138 Å². The van der Waals surface area contributed by atoms with Crippen molar-refractivity contribution in [2.45, 2.75) is 105 Å². The minimum atomic E-state index is -0.684. The molecule has 23 nitrogen and oxygen atoms in total. The van der Waals surface area contributed by atoms with Crippen molar-refractivity contribution >= 4 is 63.5 Å². The summed E-state index contributed by atoms with van der Waals surface area (Å²) in [7, 11) is 1.47. The zero-order valence-corrected chi connectivity index (χ0v) is 42.6. The van der Waals surface area contributed by atoms with Crippen LogP contribution in [0.15, 0.2) is 34.7 Å². The molecule has 2 aliphatic rings. The van der Waals surface area contributed by atoms with E-state index in [0.717, 1.165) is 0 Å². The van der Waals surface area contributed by atoms with Crippen LogP contribution < -0.4 is 37.3 Å². The van der Waals surface area contributed by atoms with Crippen molar-refractivity contribution in [2.75, 3.05) is 63.7 Å². The number of likely N-dealkylation sites (tertiary alicyclic amines) is 1. The summed E-state index contributed by atoms with van der Waals surface area (Å²) >= 11 is 0. The first kappa shape index (κ1) is 52.0. The number of nitrogens with zero attached hydrogens (tertiary/aromatic N) is 9. The first-order valence-electron chi connectivity index (χ1n) is 24.8. The van der Waals surface area contributed by atoms with E-state index in [0.29, 0.717) is 154 Å². The van der Waals surface area contributed by atoms with Gasteiger partial charge < -0.3 is 49.9 Å². The highest BCUT2D eigenvalue weighted by Crippen LogP contribution is 2.35. The molecule has 2 saturated heterocycles. The van der Waals surface area contributed by atoms with Crippen molar-refractivity contribution in [3.63, 3.8) is 0 Å². The zero-order chi connectivity index (χ0) is 52.3. The van der Waals surface area contributed by atoms with Gasteiger partial charge in [0.1, 0.15) is 33.8 Å². The Bertz CT molecular complexity index is 3050. The van der Waals surface area contributed by atoms with Gasteiger partial charge in [0.05, 0.1) is 55.3 Å². The Morgan fingerprint density at radius 3 is 2.01 bits per heavy atom. The maximum absolute atomic E-state index is 13.9. The van der Waals surface area contributed by atoms with Crippen LogP contribution in [0.2, 0.25) is 0 Å². The molecule has 73 heavy (non-hydrogen) atoms. The minimum Gasteiger partial charge on any atom is -0.494 e. The smallest absolute Gasteiger partial charge is 0.295 e. The molecule has 2 aliphatic heterocycles. The molecule has 8 N–H and O–H groups in total. The van der Waals surface area contributed by atoms with E-state index in [2.05, 4.69) is 39.5 Å². The zero-order valence-electron chi connectivity index (χ0n) is 42.6. The highest BCUT2D eigenvalue weighted by molar-refractivity contribution is 6.05. The van der Waals surface area contributed by atoms with E-state index in [1.54, 1.807) is 42.8 Å². The number of oxazole rings is 1.